The van der Waals surface area contributed by atoms with E-state index in [4.69, 9.17) is 0 Å². The topological polar surface area (TPSA) is 12.9 Å². The van der Waals surface area contributed by atoms with Gasteiger partial charge in [-0.3, -0.25) is 0 Å². The minimum Gasteiger partial charge on any atom is -0.181 e. The van der Waals surface area contributed by atoms with E-state index in [9.17, 15) is 0 Å². The molecule has 0 aliphatic carbocycles. The first kappa shape index (κ1) is 4.47. The molecule has 0 N–H and O–H groups in total. The molecule has 2 aromatic rings. The van der Waals surface area contributed by atoms with Crippen LogP contribution in [0.15, 0.2) is 11.4 Å². The van der Waals surface area contributed by atoms with E-state index in [2.05, 4.69) is 9.75 Å². The van der Waals surface area contributed by atoms with Crippen LogP contribution in [0.5, 0.6) is 0 Å². The van der Waals surface area contributed by atoms with Gasteiger partial charge in [0.05, 0.1) is 5.38 Å². The summed E-state index contributed by atoms with van der Waals surface area (Å²) >= 11 is 3.06. The molecular weight excluding hydrogens is 138 g/mol. The van der Waals surface area contributed by atoms with E-state index in [1.165, 1.54) is 11.5 Å². The highest BCUT2D eigenvalue weighted by atomic mass is 32.1. The molecule has 0 aliphatic rings. The van der Waals surface area contributed by atoms with Gasteiger partial charge in [0.1, 0.15) is 4.83 Å². The van der Waals surface area contributed by atoms with Gasteiger partial charge in [0.15, 0.2) is 0 Å². The van der Waals surface area contributed by atoms with Gasteiger partial charge in [-0.25, -0.2) is 0 Å². The number of hydrogen-bond acceptors (Lipinski definition) is 3. The minimum absolute atomic E-state index is 1.11. The van der Waals surface area contributed by atoms with E-state index in [-0.39, 0.29) is 0 Å². The van der Waals surface area contributed by atoms with Crippen LogP contribution in [0.1, 0.15) is 0 Å². The van der Waals surface area contributed by atoms with E-state index >= 15 is 0 Å². The monoisotopic (exact) mass is 140 g/mol. The summed E-state index contributed by atoms with van der Waals surface area (Å²) in [6, 6.07) is 2.03. The van der Waals surface area contributed by atoms with Crippen LogP contribution in [0.3, 0.4) is 0 Å². The van der Waals surface area contributed by atoms with Crippen molar-refractivity contribution in [3.8, 4) is 0 Å². The van der Waals surface area contributed by atoms with Gasteiger partial charge in [0.2, 0.25) is 0 Å². The maximum Gasteiger partial charge on any atom is 0.137 e. The summed E-state index contributed by atoms with van der Waals surface area (Å²) in [5, 5.41) is 6.22. The SMILES string of the molecule is [c]1snc2sccc12. The second-order valence-electron chi connectivity index (χ2n) is 1.42. The molecule has 1 nitrogen and oxygen atoms in total. The number of thiophene rings is 1. The predicted molar refractivity (Wildman–Crippen MR) is 36.3 cm³/mol. The molecule has 0 unspecified atom stereocenters. The van der Waals surface area contributed by atoms with Crippen molar-refractivity contribution in [2.75, 3.05) is 0 Å². The fourth-order valence-corrected chi connectivity index (χ4v) is 1.98. The Kier molecular flexibility index (Phi) is 0.856. The third kappa shape index (κ3) is 0.485. The lowest BCUT2D eigenvalue weighted by Crippen LogP contribution is -1.43. The number of rotatable bonds is 0. The number of hydrogen-bond donors (Lipinski definition) is 0. The van der Waals surface area contributed by atoms with Crippen molar-refractivity contribution in [2.45, 2.75) is 0 Å². The summed E-state index contributed by atoms with van der Waals surface area (Å²) in [4.78, 5) is 1.11. The number of fused-ring (bicyclic) bond motifs is 1. The molecule has 2 aromatic heterocycles. The van der Waals surface area contributed by atoms with Gasteiger partial charge in [-0.15, -0.1) is 11.3 Å². The molecule has 0 saturated carbocycles. The molecule has 0 aliphatic heterocycles. The molecule has 2 rings (SSSR count). The second-order valence-corrected chi connectivity index (χ2v) is 2.89. The van der Waals surface area contributed by atoms with Gasteiger partial charge in [-0.2, -0.15) is 4.37 Å². The third-order valence-electron chi connectivity index (χ3n) is 0.929. The van der Waals surface area contributed by atoms with E-state index in [1.807, 2.05) is 11.4 Å². The van der Waals surface area contributed by atoms with Gasteiger partial charge in [-0.1, -0.05) is 0 Å². The second kappa shape index (κ2) is 1.53. The Bertz CT molecular complexity index is 232. The Morgan fingerprint density at radius 2 is 2.62 bits per heavy atom. The van der Waals surface area contributed by atoms with Crippen LogP contribution in [0.2, 0.25) is 0 Å². The van der Waals surface area contributed by atoms with Crippen LogP contribution in [0, 0.1) is 5.38 Å². The Morgan fingerprint density at radius 1 is 1.62 bits per heavy atom. The highest BCUT2D eigenvalue weighted by Crippen LogP contribution is 2.19. The minimum atomic E-state index is 1.11. The zero-order valence-corrected chi connectivity index (χ0v) is 5.55. The van der Waals surface area contributed by atoms with Gasteiger partial charge in [0, 0.05) is 5.39 Å². The summed E-state index contributed by atoms with van der Waals surface area (Å²) < 4.78 is 4.08. The average molecular weight is 140 g/mol. The maximum atomic E-state index is 4.08. The zero-order chi connectivity index (χ0) is 5.40. The quantitative estimate of drug-likeness (QED) is 0.546. The standard InChI is InChI=1S/C5H2NS2/c1-2-7-5-4(1)3-8-6-5/h1-2H. The summed E-state index contributed by atoms with van der Waals surface area (Å²) in [5.41, 5.74) is 0. The molecule has 0 aromatic carbocycles. The molecule has 39 valence electrons. The highest BCUT2D eigenvalue weighted by Gasteiger charge is 1.93. The Hall–Kier alpha value is -0.410. The van der Waals surface area contributed by atoms with Crippen LogP contribution >= 0.6 is 22.9 Å². The molecule has 0 spiro atoms. The summed E-state index contributed by atoms with van der Waals surface area (Å²) in [6.45, 7) is 0. The molecule has 0 amide bonds. The van der Waals surface area contributed by atoms with Crippen molar-refractivity contribution in [1.82, 2.24) is 4.37 Å². The summed E-state index contributed by atoms with van der Waals surface area (Å²) in [6.07, 6.45) is 0. The maximum absolute atomic E-state index is 4.08. The van der Waals surface area contributed by atoms with Crippen molar-refractivity contribution in [1.29, 1.82) is 0 Å². The Morgan fingerprint density at radius 3 is 3.50 bits per heavy atom. The van der Waals surface area contributed by atoms with Gasteiger partial charge < -0.3 is 0 Å². The third-order valence-corrected chi connectivity index (χ3v) is 2.44. The van der Waals surface area contributed by atoms with E-state index in [0.29, 0.717) is 0 Å². The van der Waals surface area contributed by atoms with E-state index in [1.54, 1.807) is 11.3 Å². The van der Waals surface area contributed by atoms with Crippen LogP contribution in [0.4, 0.5) is 0 Å². The molecule has 0 bridgehead atoms. The lowest BCUT2D eigenvalue weighted by molar-refractivity contribution is 1.76. The smallest absolute Gasteiger partial charge is 0.137 e. The molecule has 1 radical (unpaired) electrons. The lowest BCUT2D eigenvalue weighted by Gasteiger charge is -1.61. The fraction of sp³-hybridized carbons (Fsp3) is 0. The first-order valence-corrected chi connectivity index (χ1v) is 3.83. The molecule has 3 heteroatoms. The zero-order valence-electron chi connectivity index (χ0n) is 3.92. The predicted octanol–water partition coefficient (Wildman–Crippen LogP) is 2.16. The highest BCUT2D eigenvalue weighted by molar-refractivity contribution is 7.19. The fourth-order valence-electron chi connectivity index (χ4n) is 0.563. The van der Waals surface area contributed by atoms with Gasteiger partial charge in [-0.05, 0) is 23.0 Å². The number of nitrogens with zero attached hydrogens (tertiary/aromatic N) is 1. The summed E-state index contributed by atoms with van der Waals surface area (Å²) in [7, 11) is 0. The lowest BCUT2D eigenvalue weighted by atomic mass is 10.5. The first-order chi connectivity index (χ1) is 3.97. The average Bonchev–Trinajstić information content (AvgIpc) is 2.15. The number of aromatic nitrogens is 1. The molecule has 0 atom stereocenters. The van der Waals surface area contributed by atoms with E-state index < -0.39 is 0 Å². The molecular formula is C5H2NS2. The van der Waals surface area contributed by atoms with Gasteiger partial charge >= 0.3 is 0 Å². The van der Waals surface area contributed by atoms with Crippen LogP contribution in [-0.4, -0.2) is 4.37 Å². The van der Waals surface area contributed by atoms with Crippen LogP contribution < -0.4 is 0 Å². The van der Waals surface area contributed by atoms with Crippen molar-refractivity contribution in [2.24, 2.45) is 0 Å². The molecule has 8 heavy (non-hydrogen) atoms. The van der Waals surface area contributed by atoms with Gasteiger partial charge in [0.25, 0.3) is 0 Å². The largest absolute Gasteiger partial charge is 0.181 e. The van der Waals surface area contributed by atoms with Crippen LogP contribution in [0.25, 0.3) is 10.2 Å². The first-order valence-electron chi connectivity index (χ1n) is 2.17. The van der Waals surface area contributed by atoms with E-state index in [0.717, 1.165) is 10.2 Å². The molecule has 2 heterocycles. The summed E-state index contributed by atoms with van der Waals surface area (Å²) in [5.74, 6) is 0. The van der Waals surface area contributed by atoms with Crippen LogP contribution in [-0.2, 0) is 0 Å². The molecule has 0 saturated heterocycles. The van der Waals surface area contributed by atoms with Crippen molar-refractivity contribution in [3.05, 3.63) is 16.8 Å². The normalized spacial score (nSPS) is 10.5. The Balaban J connectivity index is 3.06. The molecule has 0 fully saturated rings. The van der Waals surface area contributed by atoms with Crippen molar-refractivity contribution in [3.63, 3.8) is 0 Å². The van der Waals surface area contributed by atoms with Crippen molar-refractivity contribution < 1.29 is 0 Å². The van der Waals surface area contributed by atoms with Crippen molar-refractivity contribution >= 4 is 33.1 Å². The Labute approximate surface area is 54.8 Å².